The van der Waals surface area contributed by atoms with Crippen molar-refractivity contribution in [1.29, 1.82) is 5.26 Å². The van der Waals surface area contributed by atoms with E-state index in [0.29, 0.717) is 17.9 Å². The Bertz CT molecular complexity index is 1170. The third-order valence-electron chi connectivity index (χ3n) is 6.36. The lowest BCUT2D eigenvalue weighted by Gasteiger charge is -2.18. The summed E-state index contributed by atoms with van der Waals surface area (Å²) in [7, 11) is 0. The Kier molecular flexibility index (Phi) is 7.79. The van der Waals surface area contributed by atoms with Gasteiger partial charge in [-0.2, -0.15) is 5.26 Å². The van der Waals surface area contributed by atoms with Crippen LogP contribution in [0.3, 0.4) is 0 Å². The number of β-amino-alcohol motifs (C(OH)–C–C–N with tert-alkyl or cyclic N) is 1. The van der Waals surface area contributed by atoms with Gasteiger partial charge in [-0.1, -0.05) is 24.3 Å². The van der Waals surface area contributed by atoms with E-state index in [1.807, 2.05) is 31.2 Å². The van der Waals surface area contributed by atoms with Crippen LogP contribution in [0.1, 0.15) is 35.2 Å². The molecule has 2 heterocycles. The maximum atomic E-state index is 9.67. The lowest BCUT2D eigenvalue weighted by Crippen LogP contribution is -2.24. The molecule has 176 valence electrons. The number of nitrogens with zero attached hydrogens (tertiary/aromatic N) is 3. The molecule has 1 aliphatic heterocycles. The molecule has 0 radical (unpaired) electrons. The van der Waals surface area contributed by atoms with Gasteiger partial charge in [0.05, 0.1) is 24.0 Å². The molecule has 1 unspecified atom stereocenters. The molecule has 6 heteroatoms. The normalized spacial score (nSPS) is 15.8. The van der Waals surface area contributed by atoms with Gasteiger partial charge in [-0.05, 0) is 73.2 Å². The van der Waals surface area contributed by atoms with Crippen LogP contribution < -0.4 is 9.47 Å². The molecule has 0 saturated carbocycles. The third kappa shape index (κ3) is 5.56. The number of aliphatic hydroxyl groups excluding tert-OH is 1. The first-order chi connectivity index (χ1) is 16.6. The van der Waals surface area contributed by atoms with Crippen LogP contribution >= 0.6 is 0 Å². The summed E-state index contributed by atoms with van der Waals surface area (Å²) in [4.78, 5) is 6.57. The van der Waals surface area contributed by atoms with E-state index in [1.54, 1.807) is 18.3 Å². The Morgan fingerprint density at radius 1 is 1.03 bits per heavy atom. The molecule has 0 amide bonds. The summed E-state index contributed by atoms with van der Waals surface area (Å²) in [6, 6.07) is 17.8. The number of pyridine rings is 1. The Hall–Kier alpha value is -3.40. The Morgan fingerprint density at radius 2 is 1.74 bits per heavy atom. The van der Waals surface area contributed by atoms with Gasteiger partial charge in [0.1, 0.15) is 24.2 Å². The summed E-state index contributed by atoms with van der Waals surface area (Å²) >= 11 is 0. The summed E-state index contributed by atoms with van der Waals surface area (Å²) in [6.07, 6.45) is 3.29. The average Bonchev–Trinajstić information content (AvgIpc) is 3.27. The third-order valence-corrected chi connectivity index (χ3v) is 6.36. The smallest absolute Gasteiger partial charge is 0.132 e. The maximum absolute atomic E-state index is 9.67. The second-order valence-corrected chi connectivity index (χ2v) is 8.70. The first-order valence-electron chi connectivity index (χ1n) is 11.8. The fourth-order valence-corrected chi connectivity index (χ4v) is 4.41. The van der Waals surface area contributed by atoms with Crippen molar-refractivity contribution in [3.63, 3.8) is 0 Å². The number of hydrogen-bond acceptors (Lipinski definition) is 6. The van der Waals surface area contributed by atoms with Crippen LogP contribution in [0.25, 0.3) is 11.1 Å². The Balaban J connectivity index is 1.44. The summed E-state index contributed by atoms with van der Waals surface area (Å²) in [6.45, 7) is 7.69. The molecule has 1 aliphatic rings. The predicted octanol–water partition coefficient (Wildman–Crippen LogP) is 4.65. The molecule has 0 bridgehead atoms. The van der Waals surface area contributed by atoms with Crippen LogP contribution in [0.15, 0.2) is 54.7 Å². The molecule has 1 saturated heterocycles. The van der Waals surface area contributed by atoms with Crippen molar-refractivity contribution in [2.75, 3.05) is 26.2 Å². The standard InChI is InChI=1S/C28H31N3O3/c1-20-24(8-3-10-27(20)33-16-6-14-31-15-12-23(32)18-31)25-9-4-11-28(21(25)2)34-19-26-22(17-29)7-5-13-30-26/h3-5,7-11,13,23,32H,6,12,14-16,18-19H2,1-2H3. The first kappa shape index (κ1) is 23.7. The zero-order valence-electron chi connectivity index (χ0n) is 19.8. The minimum Gasteiger partial charge on any atom is -0.493 e. The second-order valence-electron chi connectivity index (χ2n) is 8.70. The number of ether oxygens (including phenoxy) is 2. The zero-order chi connectivity index (χ0) is 23.9. The van der Waals surface area contributed by atoms with Crippen LogP contribution in [0.5, 0.6) is 11.5 Å². The Labute approximate surface area is 201 Å². The summed E-state index contributed by atoms with van der Waals surface area (Å²) in [5.74, 6) is 1.65. The molecule has 0 spiro atoms. The SMILES string of the molecule is Cc1c(OCCCN2CCC(O)C2)cccc1-c1cccc(OCc2ncccc2C#N)c1C. The first-order valence-corrected chi connectivity index (χ1v) is 11.8. The van der Waals surface area contributed by atoms with Gasteiger partial charge in [0, 0.05) is 25.8 Å². The van der Waals surface area contributed by atoms with Crippen molar-refractivity contribution in [1.82, 2.24) is 9.88 Å². The number of aromatic nitrogens is 1. The van der Waals surface area contributed by atoms with Gasteiger partial charge in [-0.25, -0.2) is 0 Å². The van der Waals surface area contributed by atoms with E-state index in [2.05, 4.69) is 35.0 Å². The molecule has 6 nitrogen and oxygen atoms in total. The average molecular weight is 458 g/mol. The molecule has 1 fully saturated rings. The van der Waals surface area contributed by atoms with Crippen molar-refractivity contribution >= 4 is 0 Å². The minimum absolute atomic E-state index is 0.180. The molecule has 4 rings (SSSR count). The van der Waals surface area contributed by atoms with Gasteiger partial charge in [0.25, 0.3) is 0 Å². The van der Waals surface area contributed by atoms with Crippen LogP contribution in [-0.2, 0) is 6.61 Å². The summed E-state index contributed by atoms with van der Waals surface area (Å²) < 4.78 is 12.2. The van der Waals surface area contributed by atoms with E-state index in [1.165, 1.54) is 0 Å². The van der Waals surface area contributed by atoms with E-state index in [-0.39, 0.29) is 12.7 Å². The highest BCUT2D eigenvalue weighted by Gasteiger charge is 2.19. The van der Waals surface area contributed by atoms with Crippen molar-refractivity contribution in [2.45, 2.75) is 39.4 Å². The van der Waals surface area contributed by atoms with Crippen molar-refractivity contribution < 1.29 is 14.6 Å². The maximum Gasteiger partial charge on any atom is 0.132 e. The quantitative estimate of drug-likeness (QED) is 0.471. The van der Waals surface area contributed by atoms with Crippen molar-refractivity contribution in [2.24, 2.45) is 0 Å². The monoisotopic (exact) mass is 457 g/mol. The largest absolute Gasteiger partial charge is 0.493 e. The van der Waals surface area contributed by atoms with E-state index in [4.69, 9.17) is 9.47 Å². The summed E-state index contributed by atoms with van der Waals surface area (Å²) in [5, 5.41) is 19.0. The van der Waals surface area contributed by atoms with Gasteiger partial charge < -0.3 is 19.5 Å². The summed E-state index contributed by atoms with van der Waals surface area (Å²) in [5.41, 5.74) is 5.48. The molecular weight excluding hydrogens is 426 g/mol. The number of aliphatic hydroxyl groups is 1. The van der Waals surface area contributed by atoms with Crippen LogP contribution in [-0.4, -0.2) is 47.3 Å². The molecule has 1 aromatic heterocycles. The molecule has 1 N–H and O–H groups in total. The van der Waals surface area contributed by atoms with Gasteiger partial charge in [-0.15, -0.1) is 0 Å². The minimum atomic E-state index is -0.180. The highest BCUT2D eigenvalue weighted by atomic mass is 16.5. The van der Waals surface area contributed by atoms with Gasteiger partial charge in [0.2, 0.25) is 0 Å². The number of hydrogen-bond donors (Lipinski definition) is 1. The molecule has 0 aliphatic carbocycles. The fraction of sp³-hybridized carbons (Fsp3) is 0.357. The molecule has 1 atom stereocenters. The Morgan fingerprint density at radius 3 is 2.38 bits per heavy atom. The molecule has 2 aromatic carbocycles. The fourth-order valence-electron chi connectivity index (χ4n) is 4.41. The van der Waals surface area contributed by atoms with Crippen LogP contribution in [0.4, 0.5) is 0 Å². The molecule has 34 heavy (non-hydrogen) atoms. The number of nitriles is 1. The topological polar surface area (TPSA) is 78.6 Å². The highest BCUT2D eigenvalue weighted by Crippen LogP contribution is 2.35. The van der Waals surface area contributed by atoms with E-state index >= 15 is 0 Å². The number of benzene rings is 2. The lowest BCUT2D eigenvalue weighted by molar-refractivity contribution is 0.173. The van der Waals surface area contributed by atoms with E-state index in [9.17, 15) is 10.4 Å². The second kappa shape index (κ2) is 11.1. The van der Waals surface area contributed by atoms with Gasteiger partial charge >= 0.3 is 0 Å². The number of likely N-dealkylation sites (tertiary alicyclic amines) is 1. The lowest BCUT2D eigenvalue weighted by atomic mass is 9.95. The molecule has 3 aromatic rings. The van der Waals surface area contributed by atoms with Crippen LogP contribution in [0.2, 0.25) is 0 Å². The molecular formula is C28H31N3O3. The highest BCUT2D eigenvalue weighted by molar-refractivity contribution is 5.74. The van der Waals surface area contributed by atoms with Gasteiger partial charge in [-0.3, -0.25) is 4.98 Å². The van der Waals surface area contributed by atoms with Crippen molar-refractivity contribution in [3.8, 4) is 28.7 Å². The predicted molar refractivity (Wildman–Crippen MR) is 132 cm³/mol. The van der Waals surface area contributed by atoms with Gasteiger partial charge in [0.15, 0.2) is 0 Å². The van der Waals surface area contributed by atoms with E-state index < -0.39 is 0 Å². The van der Waals surface area contributed by atoms with Crippen LogP contribution in [0, 0.1) is 25.2 Å². The van der Waals surface area contributed by atoms with E-state index in [0.717, 1.165) is 66.2 Å². The van der Waals surface area contributed by atoms with Crippen molar-refractivity contribution in [3.05, 3.63) is 77.1 Å². The number of rotatable bonds is 9. The zero-order valence-corrected chi connectivity index (χ0v) is 19.8.